The third-order valence-electron chi connectivity index (χ3n) is 4.98. The maximum atomic E-state index is 13.0. The number of rotatable bonds is 8. The van der Waals surface area contributed by atoms with E-state index in [1.165, 1.54) is 0 Å². The first-order valence-electron chi connectivity index (χ1n) is 9.24. The molecule has 2 rings (SSSR count). The van der Waals surface area contributed by atoms with Gasteiger partial charge in [-0.05, 0) is 38.8 Å². The summed E-state index contributed by atoms with van der Waals surface area (Å²) in [6, 6.07) is -1.59. The Kier molecular flexibility index (Phi) is 6.93. The number of carbonyl (C=O) groups is 3. The fourth-order valence-electron chi connectivity index (χ4n) is 3.48. The molecule has 12 heteroatoms. The Morgan fingerprint density at radius 3 is 1.96 bits per heavy atom. The first-order chi connectivity index (χ1) is 13.1. The van der Waals surface area contributed by atoms with Gasteiger partial charge in [0.15, 0.2) is 17.4 Å². The van der Waals surface area contributed by atoms with Crippen LogP contribution in [-0.4, -0.2) is 81.1 Å². The van der Waals surface area contributed by atoms with E-state index in [9.17, 15) is 29.7 Å². The number of aliphatic carboxylic acids is 1. The van der Waals surface area contributed by atoms with E-state index in [0.29, 0.717) is 30.8 Å². The van der Waals surface area contributed by atoms with Gasteiger partial charge in [-0.3, -0.25) is 30.5 Å². The molecule has 0 aliphatic carbocycles. The topological polar surface area (TPSA) is 201 Å². The Morgan fingerprint density at radius 1 is 1.11 bits per heavy atom. The molecule has 9 N–H and O–H groups in total. The summed E-state index contributed by atoms with van der Waals surface area (Å²) < 4.78 is 0. The molecule has 158 valence electrons. The van der Waals surface area contributed by atoms with E-state index in [1.54, 1.807) is 0 Å². The van der Waals surface area contributed by atoms with Crippen LogP contribution in [0.2, 0.25) is 0 Å². The lowest BCUT2D eigenvalue weighted by molar-refractivity contribution is -0.178. The quantitative estimate of drug-likeness (QED) is 0.0910. The summed E-state index contributed by atoms with van der Waals surface area (Å²) in [5, 5.41) is 45.7. The highest BCUT2D eigenvalue weighted by molar-refractivity contribution is 6.05. The molecule has 0 spiro atoms. The third-order valence-corrected chi connectivity index (χ3v) is 4.98. The van der Waals surface area contributed by atoms with E-state index < -0.39 is 35.3 Å². The van der Waals surface area contributed by atoms with Crippen LogP contribution in [0, 0.1) is 5.41 Å². The summed E-state index contributed by atoms with van der Waals surface area (Å²) in [4.78, 5) is 38.4. The molecule has 2 saturated heterocycles. The highest BCUT2D eigenvalue weighted by Gasteiger charge is 2.52. The van der Waals surface area contributed by atoms with Gasteiger partial charge < -0.3 is 26.4 Å². The molecule has 2 aliphatic rings. The minimum atomic E-state index is -2.06. The molecule has 0 unspecified atom stereocenters. The van der Waals surface area contributed by atoms with Crippen molar-refractivity contribution in [1.29, 1.82) is 5.41 Å². The predicted octanol–water partition coefficient (Wildman–Crippen LogP) is -2.80. The van der Waals surface area contributed by atoms with E-state index in [1.807, 2.05) is 0 Å². The average molecular weight is 400 g/mol. The van der Waals surface area contributed by atoms with E-state index in [4.69, 9.17) is 11.1 Å². The molecule has 0 radical (unpaired) electrons. The number of carbonyl (C=O) groups excluding carboxylic acids is 2. The molecule has 2 heterocycles. The normalized spacial score (nSPS) is 27.9. The lowest BCUT2D eigenvalue weighted by atomic mass is 10.0. The van der Waals surface area contributed by atoms with Gasteiger partial charge in [0.2, 0.25) is 0 Å². The number of hydrogen-bond donors (Lipinski definition) is 8. The molecular formula is C16H28N6O6. The molecule has 0 bridgehead atoms. The van der Waals surface area contributed by atoms with Crippen molar-refractivity contribution >= 4 is 23.7 Å². The van der Waals surface area contributed by atoms with Gasteiger partial charge in [0.05, 0.1) is 0 Å². The van der Waals surface area contributed by atoms with E-state index >= 15 is 0 Å². The Bertz CT molecular complexity index is 595. The Hall–Kier alpha value is -2.28. The number of imide groups is 1. The van der Waals surface area contributed by atoms with Crippen molar-refractivity contribution in [3.05, 3.63) is 0 Å². The number of nitrogens with two attached hydrogens (primary N) is 1. The second-order valence-corrected chi connectivity index (χ2v) is 7.10. The molecule has 2 fully saturated rings. The van der Waals surface area contributed by atoms with Gasteiger partial charge in [-0.1, -0.05) is 0 Å². The van der Waals surface area contributed by atoms with Crippen LogP contribution in [0.5, 0.6) is 0 Å². The van der Waals surface area contributed by atoms with Crippen molar-refractivity contribution in [2.45, 2.75) is 56.0 Å². The second kappa shape index (κ2) is 8.82. The third kappa shape index (κ3) is 4.76. The number of aliphatic hydroxyl groups is 2. The average Bonchev–Trinajstić information content (AvgIpc) is 3.26. The summed E-state index contributed by atoms with van der Waals surface area (Å²) >= 11 is 0. The minimum Gasteiger partial charge on any atom is -0.480 e. The van der Waals surface area contributed by atoms with Crippen molar-refractivity contribution in [1.82, 2.24) is 20.9 Å². The van der Waals surface area contributed by atoms with Crippen LogP contribution in [0.1, 0.15) is 38.5 Å². The number of guanidine groups is 1. The monoisotopic (exact) mass is 400 g/mol. The first kappa shape index (κ1) is 22.0. The lowest BCUT2D eigenvalue weighted by Crippen LogP contribution is -2.66. The molecular weight excluding hydrogens is 372 g/mol. The van der Waals surface area contributed by atoms with Crippen LogP contribution in [0.3, 0.4) is 0 Å². The van der Waals surface area contributed by atoms with Crippen LogP contribution < -0.4 is 21.7 Å². The van der Waals surface area contributed by atoms with Crippen LogP contribution in [-0.2, 0) is 14.4 Å². The maximum Gasteiger partial charge on any atom is 0.326 e. The zero-order chi connectivity index (χ0) is 20.9. The van der Waals surface area contributed by atoms with Crippen molar-refractivity contribution in [3.63, 3.8) is 0 Å². The number of amides is 2. The first-order valence-corrected chi connectivity index (χ1v) is 9.24. The van der Waals surface area contributed by atoms with Crippen molar-refractivity contribution in [3.8, 4) is 0 Å². The van der Waals surface area contributed by atoms with Crippen molar-refractivity contribution in [2.24, 2.45) is 5.73 Å². The lowest BCUT2D eigenvalue weighted by Gasteiger charge is -2.37. The summed E-state index contributed by atoms with van der Waals surface area (Å²) in [6.07, 6.45) is 1.06. The zero-order valence-corrected chi connectivity index (χ0v) is 15.5. The van der Waals surface area contributed by atoms with E-state index in [-0.39, 0.29) is 38.2 Å². The number of nitrogens with one attached hydrogen (secondary N) is 4. The number of carboxylic acid groups (broad SMARTS) is 1. The SMILES string of the molecule is N=C(N)NCCC[C@@H](C(=O)O)N(C(=O)[C@@]1(O)CCCN1)C(=O)[C@@]1(O)CCCN1. The summed E-state index contributed by atoms with van der Waals surface area (Å²) in [6.45, 7) is 0.848. The summed E-state index contributed by atoms with van der Waals surface area (Å²) in [5.41, 5.74) is 1.06. The summed E-state index contributed by atoms with van der Waals surface area (Å²) in [7, 11) is 0. The summed E-state index contributed by atoms with van der Waals surface area (Å²) in [5.74, 6) is -3.91. The predicted molar refractivity (Wildman–Crippen MR) is 96.8 cm³/mol. The van der Waals surface area contributed by atoms with Gasteiger partial charge in [0.1, 0.15) is 6.04 Å². The Labute approximate surface area is 162 Å². The molecule has 2 aliphatic heterocycles. The Balaban J connectivity index is 2.28. The van der Waals surface area contributed by atoms with Crippen LogP contribution in [0.25, 0.3) is 0 Å². The standard InChI is InChI=1S/C16H28N6O6/c17-14(18)19-7-1-4-10(11(23)24)22(12(25)15(27)5-2-8-20-15)13(26)16(28)6-3-9-21-16/h10,20-21,27-28H,1-9H2,(H,23,24)(H4,17,18,19)/t10-,15-,16-/m0/s1. The number of nitrogens with zero attached hydrogens (tertiary/aromatic N) is 1. The highest BCUT2D eigenvalue weighted by atomic mass is 16.4. The largest absolute Gasteiger partial charge is 0.480 e. The Morgan fingerprint density at radius 2 is 1.61 bits per heavy atom. The molecule has 12 nitrogen and oxygen atoms in total. The van der Waals surface area contributed by atoms with Gasteiger partial charge >= 0.3 is 5.97 Å². The van der Waals surface area contributed by atoms with E-state index in [0.717, 1.165) is 0 Å². The smallest absolute Gasteiger partial charge is 0.326 e. The van der Waals surface area contributed by atoms with E-state index in [2.05, 4.69) is 16.0 Å². The van der Waals surface area contributed by atoms with Crippen LogP contribution in [0.4, 0.5) is 0 Å². The highest BCUT2D eigenvalue weighted by Crippen LogP contribution is 2.26. The van der Waals surface area contributed by atoms with Crippen molar-refractivity contribution in [2.75, 3.05) is 19.6 Å². The maximum absolute atomic E-state index is 13.0. The molecule has 0 aromatic carbocycles. The zero-order valence-electron chi connectivity index (χ0n) is 15.5. The second-order valence-electron chi connectivity index (χ2n) is 7.10. The molecule has 0 saturated carbocycles. The number of carboxylic acids is 1. The molecule has 0 aromatic rings. The fourth-order valence-corrected chi connectivity index (χ4v) is 3.48. The number of hydrogen-bond acceptors (Lipinski definition) is 8. The molecule has 2 amide bonds. The van der Waals surface area contributed by atoms with Crippen molar-refractivity contribution < 1.29 is 29.7 Å². The van der Waals surface area contributed by atoms with Gasteiger partial charge in [-0.2, -0.15) is 0 Å². The fraction of sp³-hybridized carbons (Fsp3) is 0.750. The minimum absolute atomic E-state index is 0.0275. The molecule has 0 aromatic heterocycles. The van der Waals surface area contributed by atoms with Gasteiger partial charge in [-0.25, -0.2) is 4.79 Å². The molecule has 28 heavy (non-hydrogen) atoms. The van der Waals surface area contributed by atoms with Gasteiger partial charge in [0.25, 0.3) is 11.8 Å². The van der Waals surface area contributed by atoms with Crippen LogP contribution >= 0.6 is 0 Å². The van der Waals surface area contributed by atoms with Gasteiger partial charge in [0, 0.05) is 19.4 Å². The van der Waals surface area contributed by atoms with Crippen LogP contribution in [0.15, 0.2) is 0 Å². The van der Waals surface area contributed by atoms with Gasteiger partial charge in [-0.15, -0.1) is 0 Å². The molecule has 3 atom stereocenters.